The molecule has 0 spiro atoms. The summed E-state index contributed by atoms with van der Waals surface area (Å²) in [5.41, 5.74) is -6.73. The highest BCUT2D eigenvalue weighted by atomic mass is 14.8. The third kappa shape index (κ3) is 1.52. The summed E-state index contributed by atoms with van der Waals surface area (Å²) < 4.78 is 0. The molecule has 0 aliphatic heterocycles. The molecule has 0 amide bonds. The number of nitriles is 8. The number of rotatable bonds is 2. The Kier molecular flexibility index (Phi) is 3.41. The Bertz CT molecular complexity index is 1020. The van der Waals surface area contributed by atoms with Crippen molar-refractivity contribution in [3.05, 3.63) is 35.4 Å². The van der Waals surface area contributed by atoms with Gasteiger partial charge < -0.3 is 0 Å². The highest BCUT2D eigenvalue weighted by Crippen LogP contribution is 2.75. The van der Waals surface area contributed by atoms with Crippen molar-refractivity contribution in [3.8, 4) is 48.6 Å². The first-order valence-corrected chi connectivity index (χ1v) is 7.84. The summed E-state index contributed by atoms with van der Waals surface area (Å²) in [6.07, 6.45) is 0. The molecule has 1 aromatic rings. The summed E-state index contributed by atoms with van der Waals surface area (Å²) in [4.78, 5) is 0. The molecular formula is C20H6N8. The summed E-state index contributed by atoms with van der Waals surface area (Å²) >= 11 is 0. The van der Waals surface area contributed by atoms with E-state index in [4.69, 9.17) is 0 Å². The van der Waals surface area contributed by atoms with Crippen molar-refractivity contribution < 1.29 is 0 Å². The highest BCUT2D eigenvalue weighted by Gasteiger charge is 2.83. The van der Waals surface area contributed by atoms with Crippen molar-refractivity contribution in [1.82, 2.24) is 0 Å². The van der Waals surface area contributed by atoms with Gasteiger partial charge in [0.2, 0.25) is 0 Å². The van der Waals surface area contributed by atoms with Crippen LogP contribution in [0.2, 0.25) is 0 Å². The second-order valence-electron chi connectivity index (χ2n) is 6.66. The lowest BCUT2D eigenvalue weighted by Crippen LogP contribution is -2.05. The first kappa shape index (κ1) is 17.9. The molecule has 2 aliphatic carbocycles. The van der Waals surface area contributed by atoms with E-state index in [1.807, 2.05) is 0 Å². The van der Waals surface area contributed by atoms with Crippen LogP contribution in [0.15, 0.2) is 24.3 Å². The van der Waals surface area contributed by atoms with Crippen LogP contribution in [0.5, 0.6) is 0 Å². The molecule has 0 saturated heterocycles. The Morgan fingerprint density at radius 1 is 0.500 bits per heavy atom. The van der Waals surface area contributed by atoms with Gasteiger partial charge in [-0.05, 0) is 11.1 Å². The molecule has 2 saturated carbocycles. The molecule has 0 bridgehead atoms. The fraction of sp³-hybridized carbons (Fsp3) is 0.300. The molecule has 0 aromatic heterocycles. The fourth-order valence-corrected chi connectivity index (χ4v) is 4.19. The topological polar surface area (TPSA) is 190 Å². The van der Waals surface area contributed by atoms with Crippen LogP contribution in [0, 0.1) is 112 Å². The summed E-state index contributed by atoms with van der Waals surface area (Å²) in [5.74, 6) is -2.03. The van der Waals surface area contributed by atoms with Gasteiger partial charge in [0.15, 0.2) is 21.7 Å². The highest BCUT2D eigenvalue weighted by molar-refractivity contribution is 5.62. The summed E-state index contributed by atoms with van der Waals surface area (Å²) in [5, 5.41) is 75.6. The normalized spacial score (nSPS) is 21.4. The van der Waals surface area contributed by atoms with Crippen molar-refractivity contribution in [2.24, 2.45) is 21.7 Å². The summed E-state index contributed by atoms with van der Waals surface area (Å²) in [6.45, 7) is 0. The van der Waals surface area contributed by atoms with Crippen molar-refractivity contribution >= 4 is 0 Å². The minimum atomic E-state index is -1.85. The molecule has 2 aliphatic rings. The molecule has 0 heterocycles. The zero-order chi connectivity index (χ0) is 20.8. The minimum Gasteiger partial charge on any atom is -0.196 e. The molecule has 0 radical (unpaired) electrons. The Hall–Kier alpha value is -4.86. The van der Waals surface area contributed by atoms with Gasteiger partial charge in [0.25, 0.3) is 0 Å². The van der Waals surface area contributed by atoms with E-state index in [0.29, 0.717) is 11.1 Å². The van der Waals surface area contributed by atoms with Crippen LogP contribution >= 0.6 is 0 Å². The van der Waals surface area contributed by atoms with Gasteiger partial charge in [0, 0.05) is 0 Å². The van der Waals surface area contributed by atoms with Crippen molar-refractivity contribution in [2.45, 2.75) is 11.8 Å². The van der Waals surface area contributed by atoms with Crippen molar-refractivity contribution in [3.63, 3.8) is 0 Å². The molecule has 0 atom stereocenters. The van der Waals surface area contributed by atoms with E-state index in [0.717, 1.165) is 0 Å². The lowest BCUT2D eigenvalue weighted by atomic mass is 9.96. The van der Waals surface area contributed by atoms with Gasteiger partial charge >= 0.3 is 0 Å². The van der Waals surface area contributed by atoms with E-state index in [1.54, 1.807) is 48.6 Å². The maximum atomic E-state index is 9.45. The molecule has 2 fully saturated rings. The van der Waals surface area contributed by atoms with Gasteiger partial charge in [-0.15, -0.1) is 0 Å². The van der Waals surface area contributed by atoms with Gasteiger partial charge in [-0.3, -0.25) is 0 Å². The first-order chi connectivity index (χ1) is 13.4. The van der Waals surface area contributed by atoms with E-state index in [9.17, 15) is 42.1 Å². The Morgan fingerprint density at radius 2 is 0.750 bits per heavy atom. The lowest BCUT2D eigenvalue weighted by Gasteiger charge is -2.05. The summed E-state index contributed by atoms with van der Waals surface area (Å²) in [6, 6.07) is 20.2. The van der Waals surface area contributed by atoms with Crippen molar-refractivity contribution in [1.29, 1.82) is 42.1 Å². The predicted octanol–water partition coefficient (Wildman–Crippen LogP) is 2.02. The number of hydrogen-bond acceptors (Lipinski definition) is 8. The quantitative estimate of drug-likeness (QED) is 0.766. The van der Waals surface area contributed by atoms with Crippen molar-refractivity contribution in [2.75, 3.05) is 0 Å². The average molecular weight is 358 g/mol. The van der Waals surface area contributed by atoms with Crippen LogP contribution in [0.4, 0.5) is 0 Å². The van der Waals surface area contributed by atoms with Crippen LogP contribution in [0.25, 0.3) is 0 Å². The average Bonchev–Trinajstić information content (AvgIpc) is 3.58. The van der Waals surface area contributed by atoms with E-state index in [-0.39, 0.29) is 0 Å². The van der Waals surface area contributed by atoms with Gasteiger partial charge in [-0.1, -0.05) is 24.3 Å². The number of benzene rings is 1. The smallest absolute Gasteiger partial charge is 0.185 e. The molecular weight excluding hydrogens is 352 g/mol. The van der Waals surface area contributed by atoms with Gasteiger partial charge in [-0.2, -0.15) is 42.1 Å². The van der Waals surface area contributed by atoms with Gasteiger partial charge in [0.1, 0.15) is 0 Å². The molecule has 0 N–H and O–H groups in total. The number of hydrogen-bond donors (Lipinski definition) is 0. The third-order valence-corrected chi connectivity index (χ3v) is 5.80. The minimum absolute atomic E-state index is 0.324. The first-order valence-electron chi connectivity index (χ1n) is 7.84. The predicted molar refractivity (Wildman–Crippen MR) is 86.6 cm³/mol. The monoisotopic (exact) mass is 358 g/mol. The standard InChI is InChI=1S/C20H6N8/c21-5-17(6-22)15(18(17,7-23)8-24)13-2-1-3-14(4-13)16-19(9-25,10-26)20(16,11-27)12-28/h1-4,15-16H. The maximum absolute atomic E-state index is 9.45. The SMILES string of the molecule is N#CC1(C#N)C(c2cccc(C3C(C#N)(C#N)C3(C#N)C#N)c2)C1(C#N)C#N. The van der Waals surface area contributed by atoms with E-state index in [1.165, 1.54) is 24.3 Å². The summed E-state index contributed by atoms with van der Waals surface area (Å²) in [7, 11) is 0. The zero-order valence-electron chi connectivity index (χ0n) is 14.0. The van der Waals surface area contributed by atoms with Crippen LogP contribution in [0.3, 0.4) is 0 Å². The van der Waals surface area contributed by atoms with E-state index < -0.39 is 33.5 Å². The Balaban J connectivity index is 2.16. The largest absolute Gasteiger partial charge is 0.196 e. The van der Waals surface area contributed by atoms with Crippen LogP contribution in [-0.4, -0.2) is 0 Å². The maximum Gasteiger partial charge on any atom is 0.185 e. The molecule has 1 aromatic carbocycles. The molecule has 3 rings (SSSR count). The van der Waals surface area contributed by atoms with Gasteiger partial charge in [-0.25, -0.2) is 0 Å². The van der Waals surface area contributed by atoms with Gasteiger partial charge in [0.05, 0.1) is 60.4 Å². The molecule has 8 heteroatoms. The molecule has 0 unspecified atom stereocenters. The second kappa shape index (κ2) is 5.32. The van der Waals surface area contributed by atoms with E-state index >= 15 is 0 Å². The van der Waals surface area contributed by atoms with Crippen LogP contribution in [-0.2, 0) is 0 Å². The molecule has 8 nitrogen and oxygen atoms in total. The third-order valence-electron chi connectivity index (χ3n) is 5.80. The molecule has 126 valence electrons. The Labute approximate surface area is 160 Å². The van der Waals surface area contributed by atoms with Crippen LogP contribution in [0.1, 0.15) is 23.0 Å². The lowest BCUT2D eigenvalue weighted by molar-refractivity contribution is 0.727. The molecule has 28 heavy (non-hydrogen) atoms. The van der Waals surface area contributed by atoms with E-state index in [2.05, 4.69) is 0 Å². The van der Waals surface area contributed by atoms with Crippen LogP contribution < -0.4 is 0 Å². The zero-order valence-corrected chi connectivity index (χ0v) is 14.0. The number of nitrogens with zero attached hydrogens (tertiary/aromatic N) is 8. The fourth-order valence-electron chi connectivity index (χ4n) is 4.19. The second-order valence-corrected chi connectivity index (χ2v) is 6.66. The Morgan fingerprint density at radius 3 is 0.964 bits per heavy atom.